The standard InChI is InChI=1S/C19H24N2O5S/c1-14(2)26-17-9-7-16(8-10-17)21-27(23,24)18-6-4-5-15(13-18)19(22)20-11-12-25-3/h4-10,13-14,21H,11-12H2,1-3H3,(H,20,22). The number of sulfonamides is 1. The van der Waals surface area contributed by atoms with E-state index in [9.17, 15) is 13.2 Å². The second kappa shape index (κ2) is 9.38. The van der Waals surface area contributed by atoms with E-state index in [2.05, 4.69) is 10.0 Å². The van der Waals surface area contributed by atoms with E-state index in [1.807, 2.05) is 13.8 Å². The van der Waals surface area contributed by atoms with Gasteiger partial charge in [0.15, 0.2) is 0 Å². The van der Waals surface area contributed by atoms with Crippen molar-refractivity contribution in [1.29, 1.82) is 0 Å². The van der Waals surface area contributed by atoms with Crippen LogP contribution in [0.1, 0.15) is 24.2 Å². The van der Waals surface area contributed by atoms with Gasteiger partial charge in [-0.05, 0) is 56.3 Å². The molecular weight excluding hydrogens is 368 g/mol. The van der Waals surface area contributed by atoms with Crippen LogP contribution in [0, 0.1) is 0 Å². The first-order valence-electron chi connectivity index (χ1n) is 8.48. The molecule has 7 nitrogen and oxygen atoms in total. The Morgan fingerprint density at radius 1 is 1.11 bits per heavy atom. The Hall–Kier alpha value is -2.58. The lowest BCUT2D eigenvalue weighted by Gasteiger charge is -2.12. The summed E-state index contributed by atoms with van der Waals surface area (Å²) in [5.41, 5.74) is 0.663. The van der Waals surface area contributed by atoms with E-state index in [0.29, 0.717) is 24.6 Å². The van der Waals surface area contributed by atoms with Crippen LogP contribution in [0.25, 0.3) is 0 Å². The molecule has 8 heteroatoms. The summed E-state index contributed by atoms with van der Waals surface area (Å²) in [4.78, 5) is 12.1. The molecule has 27 heavy (non-hydrogen) atoms. The summed E-state index contributed by atoms with van der Waals surface area (Å²) >= 11 is 0. The van der Waals surface area contributed by atoms with Crippen molar-refractivity contribution in [1.82, 2.24) is 5.32 Å². The molecule has 0 heterocycles. The normalized spacial score (nSPS) is 11.3. The number of methoxy groups -OCH3 is 1. The summed E-state index contributed by atoms with van der Waals surface area (Å²) in [5.74, 6) is 0.293. The van der Waals surface area contributed by atoms with Gasteiger partial charge in [-0.1, -0.05) is 6.07 Å². The molecule has 0 radical (unpaired) electrons. The zero-order chi connectivity index (χ0) is 19.9. The van der Waals surface area contributed by atoms with E-state index < -0.39 is 10.0 Å². The fourth-order valence-corrected chi connectivity index (χ4v) is 3.37. The van der Waals surface area contributed by atoms with Crippen LogP contribution in [0.2, 0.25) is 0 Å². The molecular formula is C19H24N2O5S. The lowest BCUT2D eigenvalue weighted by atomic mass is 10.2. The van der Waals surface area contributed by atoms with Gasteiger partial charge in [-0.3, -0.25) is 9.52 Å². The Labute approximate surface area is 159 Å². The number of hydrogen-bond donors (Lipinski definition) is 2. The number of benzene rings is 2. The van der Waals surface area contributed by atoms with Gasteiger partial charge < -0.3 is 14.8 Å². The van der Waals surface area contributed by atoms with Crippen molar-refractivity contribution < 1.29 is 22.7 Å². The molecule has 0 fully saturated rings. The Bertz CT molecular complexity index is 864. The maximum absolute atomic E-state index is 12.6. The molecule has 0 spiro atoms. The molecule has 0 bridgehead atoms. The quantitative estimate of drug-likeness (QED) is 0.640. The largest absolute Gasteiger partial charge is 0.491 e. The predicted molar refractivity (Wildman–Crippen MR) is 104 cm³/mol. The fourth-order valence-electron chi connectivity index (χ4n) is 2.26. The Morgan fingerprint density at radius 3 is 2.44 bits per heavy atom. The third kappa shape index (κ3) is 6.26. The van der Waals surface area contributed by atoms with Crippen LogP contribution in [0.15, 0.2) is 53.4 Å². The average Bonchev–Trinajstić information content (AvgIpc) is 2.63. The number of rotatable bonds is 9. The van der Waals surface area contributed by atoms with Gasteiger partial charge in [0.05, 0.1) is 17.6 Å². The van der Waals surface area contributed by atoms with Crippen molar-refractivity contribution >= 4 is 21.6 Å². The van der Waals surface area contributed by atoms with E-state index in [-0.39, 0.29) is 22.5 Å². The number of nitrogens with one attached hydrogen (secondary N) is 2. The summed E-state index contributed by atoms with van der Waals surface area (Å²) in [5, 5.41) is 2.66. The van der Waals surface area contributed by atoms with Crippen molar-refractivity contribution in [3.63, 3.8) is 0 Å². The first-order valence-corrected chi connectivity index (χ1v) is 9.97. The van der Waals surface area contributed by atoms with Gasteiger partial charge in [0.25, 0.3) is 15.9 Å². The molecule has 2 aromatic carbocycles. The van der Waals surface area contributed by atoms with E-state index in [1.165, 1.54) is 25.3 Å². The van der Waals surface area contributed by atoms with E-state index >= 15 is 0 Å². The molecule has 0 aromatic heterocycles. The number of ether oxygens (including phenoxy) is 2. The Morgan fingerprint density at radius 2 is 1.81 bits per heavy atom. The zero-order valence-corrected chi connectivity index (χ0v) is 16.4. The minimum absolute atomic E-state index is 0.00407. The average molecular weight is 392 g/mol. The number of carbonyl (C=O) groups is 1. The summed E-state index contributed by atoms with van der Waals surface area (Å²) in [6.07, 6.45) is 0.0327. The molecule has 0 aliphatic heterocycles. The highest BCUT2D eigenvalue weighted by atomic mass is 32.2. The molecule has 1 amide bonds. The molecule has 0 aliphatic rings. The van der Waals surface area contributed by atoms with Crippen LogP contribution in [-0.4, -0.2) is 40.7 Å². The molecule has 0 atom stereocenters. The summed E-state index contributed by atoms with van der Waals surface area (Å²) in [6, 6.07) is 12.5. The minimum atomic E-state index is -3.83. The molecule has 2 rings (SSSR count). The third-order valence-electron chi connectivity index (χ3n) is 3.48. The van der Waals surface area contributed by atoms with Crippen LogP contribution >= 0.6 is 0 Å². The highest BCUT2D eigenvalue weighted by Crippen LogP contribution is 2.20. The number of hydrogen-bond acceptors (Lipinski definition) is 5. The lowest BCUT2D eigenvalue weighted by molar-refractivity contribution is 0.0937. The monoisotopic (exact) mass is 392 g/mol. The molecule has 0 unspecified atom stereocenters. The number of carbonyl (C=O) groups excluding carboxylic acids is 1. The Balaban J connectivity index is 2.12. The van der Waals surface area contributed by atoms with E-state index in [0.717, 1.165) is 0 Å². The van der Waals surface area contributed by atoms with Crippen molar-refractivity contribution in [2.24, 2.45) is 0 Å². The van der Waals surface area contributed by atoms with Gasteiger partial charge in [-0.15, -0.1) is 0 Å². The highest BCUT2D eigenvalue weighted by molar-refractivity contribution is 7.92. The van der Waals surface area contributed by atoms with E-state index in [1.54, 1.807) is 30.3 Å². The van der Waals surface area contributed by atoms with Crippen molar-refractivity contribution in [2.45, 2.75) is 24.8 Å². The van der Waals surface area contributed by atoms with Crippen LogP contribution in [0.5, 0.6) is 5.75 Å². The zero-order valence-electron chi connectivity index (χ0n) is 15.6. The summed E-state index contributed by atoms with van der Waals surface area (Å²) in [7, 11) is -2.29. The predicted octanol–water partition coefficient (Wildman–Crippen LogP) is 2.65. The van der Waals surface area contributed by atoms with Crippen molar-refractivity contribution in [3.8, 4) is 5.75 Å². The number of anilines is 1. The third-order valence-corrected chi connectivity index (χ3v) is 4.86. The van der Waals surface area contributed by atoms with Gasteiger partial charge in [0.2, 0.25) is 0 Å². The maximum Gasteiger partial charge on any atom is 0.261 e. The second-order valence-electron chi connectivity index (χ2n) is 6.07. The topological polar surface area (TPSA) is 93.7 Å². The smallest absolute Gasteiger partial charge is 0.261 e. The molecule has 0 saturated heterocycles. The van der Waals surface area contributed by atoms with Crippen molar-refractivity contribution in [3.05, 3.63) is 54.1 Å². The molecule has 0 saturated carbocycles. The summed E-state index contributed by atoms with van der Waals surface area (Å²) in [6.45, 7) is 4.54. The van der Waals surface area contributed by atoms with Gasteiger partial charge in [0, 0.05) is 24.9 Å². The first kappa shape index (κ1) is 20.7. The minimum Gasteiger partial charge on any atom is -0.491 e. The first-order chi connectivity index (χ1) is 12.8. The summed E-state index contributed by atoms with van der Waals surface area (Å²) < 4.78 is 38.1. The maximum atomic E-state index is 12.6. The van der Waals surface area contributed by atoms with Crippen LogP contribution in [-0.2, 0) is 14.8 Å². The Kier molecular flexibility index (Phi) is 7.20. The van der Waals surface area contributed by atoms with Gasteiger partial charge in [-0.2, -0.15) is 0 Å². The van der Waals surface area contributed by atoms with Gasteiger partial charge in [-0.25, -0.2) is 8.42 Å². The highest BCUT2D eigenvalue weighted by Gasteiger charge is 2.16. The number of amides is 1. The van der Waals surface area contributed by atoms with Crippen LogP contribution < -0.4 is 14.8 Å². The fraction of sp³-hybridized carbons (Fsp3) is 0.316. The van der Waals surface area contributed by atoms with E-state index in [4.69, 9.17) is 9.47 Å². The molecule has 2 N–H and O–H groups in total. The van der Waals surface area contributed by atoms with Crippen molar-refractivity contribution in [2.75, 3.05) is 25.0 Å². The second-order valence-corrected chi connectivity index (χ2v) is 7.76. The lowest BCUT2D eigenvalue weighted by Crippen LogP contribution is -2.27. The SMILES string of the molecule is COCCNC(=O)c1cccc(S(=O)(=O)Nc2ccc(OC(C)C)cc2)c1. The van der Waals surface area contributed by atoms with Crippen LogP contribution in [0.3, 0.4) is 0 Å². The molecule has 0 aliphatic carbocycles. The molecule has 2 aromatic rings. The van der Waals surface area contributed by atoms with Crippen LogP contribution in [0.4, 0.5) is 5.69 Å². The molecule has 146 valence electrons. The van der Waals surface area contributed by atoms with Gasteiger partial charge in [0.1, 0.15) is 5.75 Å². The van der Waals surface area contributed by atoms with Gasteiger partial charge >= 0.3 is 0 Å².